The third-order valence-electron chi connectivity index (χ3n) is 17.6. The summed E-state index contributed by atoms with van der Waals surface area (Å²) in [5.74, 6) is 0.181. The Hall–Kier alpha value is -1.94. The number of rotatable bonds is 74. The Morgan fingerprint density at radius 3 is 0.716 bits per heavy atom. The molecule has 0 radical (unpaired) electrons. The highest BCUT2D eigenvalue weighted by Crippen LogP contribution is 2.45. The summed E-state index contributed by atoms with van der Waals surface area (Å²) < 4.78 is 68.5. The van der Waals surface area contributed by atoms with Gasteiger partial charge in [-0.1, -0.05) is 337 Å². The van der Waals surface area contributed by atoms with Crippen molar-refractivity contribution in [2.24, 2.45) is 17.8 Å². The summed E-state index contributed by atoms with van der Waals surface area (Å²) >= 11 is 0. The Morgan fingerprint density at radius 1 is 0.284 bits per heavy atom. The van der Waals surface area contributed by atoms with Crippen molar-refractivity contribution < 1.29 is 80.2 Å². The minimum absolute atomic E-state index is 0.106. The monoisotopic (exact) mass is 1400 g/mol. The van der Waals surface area contributed by atoms with Gasteiger partial charge in [0.25, 0.3) is 0 Å². The minimum atomic E-state index is -4.96. The number of unbranched alkanes of at least 4 members (excludes halogenated alkanes) is 42. The molecule has 0 aromatic heterocycles. The molecular formula is C76H148O17P2. The SMILES string of the molecule is CCCCCCCCCCCCCC(=O)O[C@H](COC(=O)CCCCCCCCCC(C)C)COP(=O)(O)OC[C@H](O)COP(=O)(O)OC[C@@H](COC(=O)CCCCCCCCCCCCCCCC(C)C)OC(=O)CCCCCCCCCCCCCCCCCC(C)C. The van der Waals surface area contributed by atoms with Crippen LogP contribution >= 0.6 is 15.6 Å². The zero-order chi connectivity index (χ0) is 70.1. The zero-order valence-electron chi connectivity index (χ0n) is 62.1. The van der Waals surface area contributed by atoms with Gasteiger partial charge in [0, 0.05) is 25.7 Å². The minimum Gasteiger partial charge on any atom is -0.462 e. The number of ether oxygens (including phenoxy) is 4. The highest BCUT2D eigenvalue weighted by atomic mass is 31.2. The molecule has 0 bridgehead atoms. The maximum atomic E-state index is 13.1. The van der Waals surface area contributed by atoms with Gasteiger partial charge in [-0.3, -0.25) is 37.3 Å². The van der Waals surface area contributed by atoms with E-state index in [1.165, 1.54) is 193 Å². The number of carbonyl (C=O) groups excluding carboxylic acids is 4. The smallest absolute Gasteiger partial charge is 0.462 e. The summed E-state index contributed by atoms with van der Waals surface area (Å²) in [5, 5.41) is 10.6. The zero-order valence-corrected chi connectivity index (χ0v) is 63.9. The van der Waals surface area contributed by atoms with Crippen molar-refractivity contribution in [3.05, 3.63) is 0 Å². The molecule has 0 aromatic carbocycles. The van der Waals surface area contributed by atoms with Crippen LogP contribution in [0.25, 0.3) is 0 Å². The summed E-state index contributed by atoms with van der Waals surface area (Å²) in [6.45, 7) is 11.9. The van der Waals surface area contributed by atoms with Crippen LogP contribution in [0.2, 0.25) is 0 Å². The Morgan fingerprint density at radius 2 is 0.484 bits per heavy atom. The second kappa shape index (κ2) is 66.6. The normalized spacial score (nSPS) is 14.1. The number of hydrogen-bond donors (Lipinski definition) is 3. The molecule has 564 valence electrons. The lowest BCUT2D eigenvalue weighted by atomic mass is 10.0. The van der Waals surface area contributed by atoms with Crippen molar-refractivity contribution in [2.45, 2.75) is 407 Å². The van der Waals surface area contributed by atoms with Crippen LogP contribution in [0, 0.1) is 17.8 Å². The van der Waals surface area contributed by atoms with Crippen LogP contribution in [0.15, 0.2) is 0 Å². The van der Waals surface area contributed by atoms with Crippen molar-refractivity contribution in [3.8, 4) is 0 Å². The Labute approximate surface area is 581 Å². The predicted octanol–water partition coefficient (Wildman–Crippen LogP) is 22.2. The predicted molar refractivity (Wildman–Crippen MR) is 386 cm³/mol. The summed E-state index contributed by atoms with van der Waals surface area (Å²) in [6, 6.07) is 0. The Kier molecular flexibility index (Phi) is 65.2. The second-order valence-corrected chi connectivity index (χ2v) is 31.7. The molecule has 2 unspecified atom stereocenters. The van der Waals surface area contributed by atoms with Gasteiger partial charge in [-0.05, 0) is 43.4 Å². The van der Waals surface area contributed by atoms with Crippen molar-refractivity contribution in [2.75, 3.05) is 39.6 Å². The van der Waals surface area contributed by atoms with Crippen LogP contribution in [-0.2, 0) is 65.4 Å². The molecule has 0 aliphatic carbocycles. The molecule has 5 atom stereocenters. The van der Waals surface area contributed by atoms with Gasteiger partial charge in [0.1, 0.15) is 19.3 Å². The molecule has 0 aromatic rings. The van der Waals surface area contributed by atoms with Crippen LogP contribution < -0.4 is 0 Å². The number of hydrogen-bond acceptors (Lipinski definition) is 15. The maximum absolute atomic E-state index is 13.1. The molecule has 0 aliphatic heterocycles. The average molecular weight is 1400 g/mol. The van der Waals surface area contributed by atoms with E-state index < -0.39 is 97.5 Å². The number of esters is 4. The molecule has 0 heterocycles. The number of phosphoric ester groups is 2. The van der Waals surface area contributed by atoms with Crippen LogP contribution in [-0.4, -0.2) is 96.7 Å². The summed E-state index contributed by atoms with van der Waals surface area (Å²) in [6.07, 6.45) is 52.7. The topological polar surface area (TPSA) is 237 Å². The van der Waals surface area contributed by atoms with E-state index >= 15 is 0 Å². The lowest BCUT2D eigenvalue weighted by Gasteiger charge is -2.21. The quantitative estimate of drug-likeness (QED) is 0.0222. The van der Waals surface area contributed by atoms with Gasteiger partial charge in [-0.25, -0.2) is 9.13 Å². The van der Waals surface area contributed by atoms with Gasteiger partial charge in [-0.15, -0.1) is 0 Å². The standard InChI is InChI=1S/C76H148O17P2/c1-8-9-10-11-12-13-22-30-37-45-52-59-75(80)93-72(64-87-74(79)58-51-44-39-32-35-42-49-56-69(6)7)66-91-95(84,85)89-62-70(77)61-88-94(82,83)90-65-71(63-86-73(78)57-50-43-36-29-25-21-17-19-24-28-34-41-48-55-68(4)5)92-76(81)60-53-46-38-31-26-20-16-14-15-18-23-27-33-40-47-54-67(2)3/h67-72,77H,8-66H2,1-7H3,(H,82,83)(H,84,85)/t70-,71-,72-/m1/s1. The fraction of sp³-hybridized carbons (Fsp3) is 0.947. The fourth-order valence-electron chi connectivity index (χ4n) is 11.6. The molecule has 19 heteroatoms. The van der Waals surface area contributed by atoms with Gasteiger partial charge < -0.3 is 33.8 Å². The fourth-order valence-corrected chi connectivity index (χ4v) is 13.2. The number of aliphatic hydroxyl groups excluding tert-OH is 1. The van der Waals surface area contributed by atoms with Gasteiger partial charge >= 0.3 is 39.5 Å². The first kappa shape index (κ1) is 93.1. The molecule has 95 heavy (non-hydrogen) atoms. The molecule has 3 N–H and O–H groups in total. The van der Waals surface area contributed by atoms with E-state index in [1.54, 1.807) is 0 Å². The molecule has 0 rings (SSSR count). The van der Waals surface area contributed by atoms with Gasteiger partial charge in [0.05, 0.1) is 26.4 Å². The van der Waals surface area contributed by atoms with E-state index in [0.717, 1.165) is 108 Å². The van der Waals surface area contributed by atoms with Crippen molar-refractivity contribution in [1.29, 1.82) is 0 Å². The summed E-state index contributed by atoms with van der Waals surface area (Å²) in [5.41, 5.74) is 0. The van der Waals surface area contributed by atoms with E-state index in [-0.39, 0.29) is 25.7 Å². The first-order valence-electron chi connectivity index (χ1n) is 39.3. The van der Waals surface area contributed by atoms with E-state index in [2.05, 4.69) is 48.5 Å². The third kappa shape index (κ3) is 70.3. The lowest BCUT2D eigenvalue weighted by molar-refractivity contribution is -0.161. The van der Waals surface area contributed by atoms with Gasteiger partial charge in [0.15, 0.2) is 12.2 Å². The largest absolute Gasteiger partial charge is 0.472 e. The molecule has 0 fully saturated rings. The molecule has 0 saturated heterocycles. The van der Waals surface area contributed by atoms with Gasteiger partial charge in [-0.2, -0.15) is 0 Å². The average Bonchev–Trinajstić information content (AvgIpc) is 1.53. The number of phosphoric acid groups is 2. The summed E-state index contributed by atoms with van der Waals surface area (Å²) in [7, 11) is -9.91. The van der Waals surface area contributed by atoms with Crippen LogP contribution in [0.5, 0.6) is 0 Å². The molecule has 0 saturated carbocycles. The van der Waals surface area contributed by atoms with Crippen LogP contribution in [0.3, 0.4) is 0 Å². The Bertz CT molecular complexity index is 1850. The molecular weight excluding hydrogens is 1250 g/mol. The maximum Gasteiger partial charge on any atom is 0.472 e. The number of aliphatic hydroxyl groups is 1. The summed E-state index contributed by atoms with van der Waals surface area (Å²) in [4.78, 5) is 72.8. The van der Waals surface area contributed by atoms with Crippen LogP contribution in [0.1, 0.15) is 389 Å². The van der Waals surface area contributed by atoms with E-state index in [0.29, 0.717) is 31.6 Å². The first-order valence-corrected chi connectivity index (χ1v) is 42.3. The highest BCUT2D eigenvalue weighted by Gasteiger charge is 2.30. The van der Waals surface area contributed by atoms with Gasteiger partial charge in [0.2, 0.25) is 0 Å². The number of carbonyl (C=O) groups is 4. The van der Waals surface area contributed by atoms with E-state index in [9.17, 15) is 43.2 Å². The highest BCUT2D eigenvalue weighted by molar-refractivity contribution is 7.47. The lowest BCUT2D eigenvalue weighted by Crippen LogP contribution is -2.30. The Balaban J connectivity index is 5.23. The van der Waals surface area contributed by atoms with E-state index in [4.69, 9.17) is 37.0 Å². The molecule has 0 spiro atoms. The van der Waals surface area contributed by atoms with Crippen LogP contribution in [0.4, 0.5) is 0 Å². The van der Waals surface area contributed by atoms with Crippen molar-refractivity contribution in [3.63, 3.8) is 0 Å². The molecule has 0 aliphatic rings. The van der Waals surface area contributed by atoms with E-state index in [1.807, 2.05) is 0 Å². The molecule has 0 amide bonds. The van der Waals surface area contributed by atoms with Crippen molar-refractivity contribution in [1.82, 2.24) is 0 Å². The first-order chi connectivity index (χ1) is 45.7. The molecule has 17 nitrogen and oxygen atoms in total. The second-order valence-electron chi connectivity index (χ2n) is 28.8. The third-order valence-corrected chi connectivity index (χ3v) is 19.5. The van der Waals surface area contributed by atoms with Crippen molar-refractivity contribution >= 4 is 39.5 Å².